The van der Waals surface area contributed by atoms with Crippen LogP contribution >= 0.6 is 11.8 Å². The van der Waals surface area contributed by atoms with Gasteiger partial charge in [-0.3, -0.25) is 0 Å². The summed E-state index contributed by atoms with van der Waals surface area (Å²) in [4.78, 5) is 10.3. The number of hydrogen-bond acceptors (Lipinski definition) is 4. The third-order valence-electron chi connectivity index (χ3n) is 0.501. The summed E-state index contributed by atoms with van der Waals surface area (Å²) < 4.78 is 4.34. The molecule has 0 heterocycles. The molecule has 0 atom stereocenters. The Morgan fingerprint density at radius 3 is 2.88 bits per heavy atom. The summed E-state index contributed by atoms with van der Waals surface area (Å²) >= 11 is 1.10. The third kappa shape index (κ3) is 3.95. The highest BCUT2D eigenvalue weighted by Crippen LogP contribution is 1.99. The minimum absolute atomic E-state index is 0.251. The normalized spacial score (nSPS) is 8.75. The molecule has 4 heteroatoms. The summed E-state index contributed by atoms with van der Waals surface area (Å²) in [6.07, 6.45) is 0. The van der Waals surface area contributed by atoms with Crippen LogP contribution in [0.4, 0.5) is 4.79 Å². The summed E-state index contributed by atoms with van der Waals surface area (Å²) in [5, 5.41) is 2.54. The topological polar surface area (TPSA) is 38.3 Å². The Kier molecular flexibility index (Phi) is 4.79. The van der Waals surface area contributed by atoms with Crippen molar-refractivity contribution in [3.63, 3.8) is 0 Å². The number of carbonyl (C=O) groups is 1. The van der Waals surface area contributed by atoms with Crippen LogP contribution < -0.4 is 5.32 Å². The molecule has 3 nitrogen and oxygen atoms in total. The zero-order chi connectivity index (χ0) is 6.41. The maximum atomic E-state index is 10.3. The fourth-order valence-electron chi connectivity index (χ4n) is 0.190. The van der Waals surface area contributed by atoms with Gasteiger partial charge in [-0.05, 0) is 18.8 Å². The lowest BCUT2D eigenvalue weighted by molar-refractivity contribution is 0.200. The first kappa shape index (κ1) is 7.78. The van der Waals surface area contributed by atoms with Gasteiger partial charge < -0.3 is 10.1 Å². The molecule has 0 radical (unpaired) electrons. The van der Waals surface area contributed by atoms with Gasteiger partial charge in [0.2, 0.25) is 0 Å². The molecule has 0 aliphatic carbocycles. The molecule has 1 N–H and O–H groups in total. The largest absolute Gasteiger partial charge is 0.461 e. The summed E-state index contributed by atoms with van der Waals surface area (Å²) in [6, 6.07) is 0. The van der Waals surface area contributed by atoms with Gasteiger partial charge in [0, 0.05) is 0 Å². The molecule has 0 rings (SSSR count). The van der Waals surface area contributed by atoms with E-state index in [1.807, 2.05) is 0 Å². The number of nitrogens with one attached hydrogen (secondary N) is 1. The van der Waals surface area contributed by atoms with Crippen LogP contribution in [0.5, 0.6) is 0 Å². The number of carbonyl (C=O) groups excluding carboxylic acids is 1. The second-order valence-electron chi connectivity index (χ2n) is 1.10. The van der Waals surface area contributed by atoms with Crippen molar-refractivity contribution in [3.8, 4) is 0 Å². The molecular weight excluding hydrogens is 126 g/mol. The van der Waals surface area contributed by atoms with Gasteiger partial charge in [-0.25, -0.2) is 4.79 Å². The van der Waals surface area contributed by atoms with Gasteiger partial charge in [0.1, 0.15) is 0 Å². The second kappa shape index (κ2) is 4.93. The standard InChI is InChI=1S/C4H9NO2S/c1-5-3-8-4(6)7-2/h5H,3H2,1-2H3. The van der Waals surface area contributed by atoms with E-state index in [1.165, 1.54) is 7.11 Å². The molecular formula is C4H9NO2S. The molecule has 0 saturated carbocycles. The molecule has 0 unspecified atom stereocenters. The second-order valence-corrected chi connectivity index (χ2v) is 2.01. The molecule has 0 aromatic carbocycles. The van der Waals surface area contributed by atoms with E-state index in [1.54, 1.807) is 7.05 Å². The van der Waals surface area contributed by atoms with Crippen LogP contribution in [-0.2, 0) is 4.74 Å². The summed E-state index contributed by atoms with van der Waals surface area (Å²) in [5.74, 6) is 0.604. The Morgan fingerprint density at radius 1 is 1.88 bits per heavy atom. The number of hydrogen-bond donors (Lipinski definition) is 1. The van der Waals surface area contributed by atoms with E-state index in [4.69, 9.17) is 0 Å². The van der Waals surface area contributed by atoms with E-state index in [0.29, 0.717) is 5.88 Å². The predicted molar refractivity (Wildman–Crippen MR) is 33.9 cm³/mol. The van der Waals surface area contributed by atoms with Crippen molar-refractivity contribution >= 4 is 17.1 Å². The van der Waals surface area contributed by atoms with E-state index < -0.39 is 0 Å². The molecule has 0 fully saturated rings. The Morgan fingerprint density at radius 2 is 2.50 bits per heavy atom. The molecule has 0 bridgehead atoms. The minimum Gasteiger partial charge on any atom is -0.461 e. The van der Waals surface area contributed by atoms with Crippen molar-refractivity contribution < 1.29 is 9.53 Å². The summed E-state index contributed by atoms with van der Waals surface area (Å²) in [6.45, 7) is 0. The SMILES string of the molecule is CNCSC(=O)OC. The summed E-state index contributed by atoms with van der Waals surface area (Å²) in [5.41, 5.74) is 0. The van der Waals surface area contributed by atoms with Gasteiger partial charge >= 0.3 is 5.30 Å². The molecule has 8 heavy (non-hydrogen) atoms. The fraction of sp³-hybridized carbons (Fsp3) is 0.750. The Bertz CT molecular complexity index is 76.4. The van der Waals surface area contributed by atoms with Crippen LogP contribution in [0.15, 0.2) is 0 Å². The van der Waals surface area contributed by atoms with Gasteiger partial charge in [0.15, 0.2) is 0 Å². The Hall–Kier alpha value is -0.220. The van der Waals surface area contributed by atoms with Crippen molar-refractivity contribution in [1.29, 1.82) is 0 Å². The molecule has 0 aliphatic heterocycles. The monoisotopic (exact) mass is 135 g/mol. The van der Waals surface area contributed by atoms with Crippen LogP contribution in [0, 0.1) is 0 Å². The number of methoxy groups -OCH3 is 1. The first-order valence-corrected chi connectivity index (χ1v) is 3.15. The van der Waals surface area contributed by atoms with Crippen LogP contribution in [0.2, 0.25) is 0 Å². The van der Waals surface area contributed by atoms with Crippen molar-refractivity contribution in [1.82, 2.24) is 5.32 Å². The van der Waals surface area contributed by atoms with E-state index in [2.05, 4.69) is 10.1 Å². The average molecular weight is 135 g/mol. The van der Waals surface area contributed by atoms with E-state index >= 15 is 0 Å². The van der Waals surface area contributed by atoms with Crippen LogP contribution in [-0.4, -0.2) is 25.3 Å². The lowest BCUT2D eigenvalue weighted by Gasteiger charge is -1.94. The van der Waals surface area contributed by atoms with Gasteiger partial charge in [-0.1, -0.05) is 0 Å². The number of ether oxygens (including phenoxy) is 1. The molecule has 48 valence electrons. The number of thioether (sulfide) groups is 1. The zero-order valence-corrected chi connectivity index (χ0v) is 5.75. The fourth-order valence-corrected chi connectivity index (χ4v) is 0.570. The smallest absolute Gasteiger partial charge is 0.368 e. The Balaban J connectivity index is 2.99. The Labute approximate surface area is 52.8 Å². The highest BCUT2D eigenvalue weighted by atomic mass is 32.2. The minimum atomic E-state index is -0.251. The maximum Gasteiger partial charge on any atom is 0.368 e. The van der Waals surface area contributed by atoms with Gasteiger partial charge in [0.05, 0.1) is 13.0 Å². The predicted octanol–water partition coefficient (Wildman–Crippen LogP) is 0.663. The molecule has 0 aromatic rings. The van der Waals surface area contributed by atoms with Gasteiger partial charge in [0.25, 0.3) is 0 Å². The summed E-state index contributed by atoms with van der Waals surface area (Å²) in [7, 11) is 3.14. The molecule has 0 amide bonds. The molecule has 0 aliphatic rings. The lowest BCUT2D eigenvalue weighted by atomic mass is 11.3. The van der Waals surface area contributed by atoms with E-state index in [-0.39, 0.29) is 5.30 Å². The molecule has 0 spiro atoms. The third-order valence-corrected chi connectivity index (χ3v) is 1.34. The van der Waals surface area contributed by atoms with E-state index in [0.717, 1.165) is 11.8 Å². The van der Waals surface area contributed by atoms with Crippen molar-refractivity contribution in [2.45, 2.75) is 0 Å². The first-order chi connectivity index (χ1) is 3.81. The van der Waals surface area contributed by atoms with Crippen molar-refractivity contribution in [2.24, 2.45) is 0 Å². The van der Waals surface area contributed by atoms with Crippen LogP contribution in [0.1, 0.15) is 0 Å². The van der Waals surface area contributed by atoms with Crippen molar-refractivity contribution in [2.75, 3.05) is 20.0 Å². The van der Waals surface area contributed by atoms with Gasteiger partial charge in [-0.15, -0.1) is 0 Å². The molecule has 0 saturated heterocycles. The first-order valence-electron chi connectivity index (χ1n) is 2.16. The highest BCUT2D eigenvalue weighted by Gasteiger charge is 1.95. The zero-order valence-electron chi connectivity index (χ0n) is 4.93. The quantitative estimate of drug-likeness (QED) is 0.446. The van der Waals surface area contributed by atoms with Gasteiger partial charge in [-0.2, -0.15) is 0 Å². The average Bonchev–Trinajstić information content (AvgIpc) is 1.83. The van der Waals surface area contributed by atoms with E-state index in [9.17, 15) is 4.79 Å². The van der Waals surface area contributed by atoms with Crippen molar-refractivity contribution in [3.05, 3.63) is 0 Å². The van der Waals surface area contributed by atoms with Crippen LogP contribution in [0.3, 0.4) is 0 Å². The lowest BCUT2D eigenvalue weighted by Crippen LogP contribution is -2.06. The highest BCUT2D eigenvalue weighted by molar-refractivity contribution is 8.13. The van der Waals surface area contributed by atoms with Crippen LogP contribution in [0.25, 0.3) is 0 Å². The maximum absolute atomic E-state index is 10.3. The number of rotatable bonds is 2. The molecule has 0 aromatic heterocycles.